The number of pyridine rings is 1. The number of carbonyl (C=O) groups is 1. The van der Waals surface area contributed by atoms with E-state index in [0.29, 0.717) is 22.5 Å². The highest BCUT2D eigenvalue weighted by molar-refractivity contribution is 6.05. The van der Waals surface area contributed by atoms with Crippen LogP contribution in [0.2, 0.25) is 0 Å². The average molecular weight is 245 g/mol. The van der Waals surface area contributed by atoms with Crippen LogP contribution in [-0.2, 0) is 0 Å². The Morgan fingerprint density at radius 3 is 2.83 bits per heavy atom. The fourth-order valence-corrected chi connectivity index (χ4v) is 1.50. The Morgan fingerprint density at radius 1 is 1.39 bits per heavy atom. The third kappa shape index (κ3) is 2.45. The number of hydrogen-bond acceptors (Lipinski definition) is 3. The lowest BCUT2D eigenvalue weighted by atomic mass is 10.1. The van der Waals surface area contributed by atoms with Gasteiger partial charge in [-0.15, -0.1) is 0 Å². The summed E-state index contributed by atoms with van der Waals surface area (Å²) >= 11 is 0. The van der Waals surface area contributed by atoms with Gasteiger partial charge in [-0.3, -0.25) is 9.78 Å². The van der Waals surface area contributed by atoms with Crippen LogP contribution >= 0.6 is 0 Å². The molecule has 92 valence electrons. The molecule has 2 aromatic rings. The monoisotopic (exact) mass is 245 g/mol. The van der Waals surface area contributed by atoms with Crippen molar-refractivity contribution in [1.82, 2.24) is 4.98 Å². The smallest absolute Gasteiger partial charge is 0.255 e. The SMILES string of the molecule is Cc1cc(C(=O)Nc2ccncc2N)ccc1F. The third-order valence-corrected chi connectivity index (χ3v) is 2.52. The number of nitrogen functional groups attached to an aromatic ring is 1. The lowest BCUT2D eigenvalue weighted by Gasteiger charge is -2.08. The predicted octanol–water partition coefficient (Wildman–Crippen LogP) is 2.36. The minimum Gasteiger partial charge on any atom is -0.396 e. The fourth-order valence-electron chi connectivity index (χ4n) is 1.50. The molecule has 0 aliphatic carbocycles. The first-order valence-electron chi connectivity index (χ1n) is 5.35. The molecule has 0 atom stereocenters. The second kappa shape index (κ2) is 4.83. The van der Waals surface area contributed by atoms with Crippen LogP contribution < -0.4 is 11.1 Å². The molecule has 0 unspecified atom stereocenters. The van der Waals surface area contributed by atoms with Gasteiger partial charge in [0, 0.05) is 11.8 Å². The van der Waals surface area contributed by atoms with Crippen molar-refractivity contribution in [1.29, 1.82) is 0 Å². The van der Waals surface area contributed by atoms with Crippen LogP contribution in [0.3, 0.4) is 0 Å². The largest absolute Gasteiger partial charge is 0.396 e. The van der Waals surface area contributed by atoms with Crippen molar-refractivity contribution in [2.24, 2.45) is 0 Å². The predicted molar refractivity (Wildman–Crippen MR) is 67.7 cm³/mol. The van der Waals surface area contributed by atoms with E-state index in [-0.39, 0.29) is 11.7 Å². The molecule has 1 amide bonds. The van der Waals surface area contributed by atoms with Crippen LogP contribution in [-0.4, -0.2) is 10.9 Å². The van der Waals surface area contributed by atoms with Crippen LogP contribution in [0, 0.1) is 12.7 Å². The molecule has 0 saturated heterocycles. The number of halogens is 1. The van der Waals surface area contributed by atoms with E-state index >= 15 is 0 Å². The summed E-state index contributed by atoms with van der Waals surface area (Å²) < 4.78 is 13.1. The van der Waals surface area contributed by atoms with Crippen LogP contribution in [0.4, 0.5) is 15.8 Å². The molecule has 0 aliphatic heterocycles. The van der Waals surface area contributed by atoms with E-state index in [0.717, 1.165) is 0 Å². The van der Waals surface area contributed by atoms with E-state index in [1.807, 2.05) is 0 Å². The Bertz CT molecular complexity index is 599. The quantitative estimate of drug-likeness (QED) is 0.853. The number of amides is 1. The topological polar surface area (TPSA) is 68.0 Å². The number of benzene rings is 1. The maximum absolute atomic E-state index is 13.1. The summed E-state index contributed by atoms with van der Waals surface area (Å²) in [5.41, 5.74) is 7.33. The molecular formula is C13H12FN3O. The minimum atomic E-state index is -0.338. The van der Waals surface area contributed by atoms with Gasteiger partial charge in [0.05, 0.1) is 17.6 Å². The average Bonchev–Trinajstić information content (AvgIpc) is 2.35. The molecule has 5 heteroatoms. The van der Waals surface area contributed by atoms with Gasteiger partial charge in [0.1, 0.15) is 5.82 Å². The maximum atomic E-state index is 13.1. The molecule has 0 fully saturated rings. The van der Waals surface area contributed by atoms with Gasteiger partial charge in [0.2, 0.25) is 0 Å². The Labute approximate surface area is 104 Å². The van der Waals surface area contributed by atoms with Crippen molar-refractivity contribution < 1.29 is 9.18 Å². The number of anilines is 2. The molecule has 0 spiro atoms. The molecule has 0 saturated carbocycles. The molecule has 1 heterocycles. The number of nitrogens with one attached hydrogen (secondary N) is 1. The van der Waals surface area contributed by atoms with Crippen LogP contribution in [0.5, 0.6) is 0 Å². The van der Waals surface area contributed by atoms with Gasteiger partial charge in [0.25, 0.3) is 5.91 Å². The van der Waals surface area contributed by atoms with E-state index in [2.05, 4.69) is 10.3 Å². The van der Waals surface area contributed by atoms with Crippen molar-refractivity contribution in [2.75, 3.05) is 11.1 Å². The van der Waals surface area contributed by atoms with E-state index in [1.54, 1.807) is 13.0 Å². The first kappa shape index (κ1) is 12.0. The van der Waals surface area contributed by atoms with Crippen LogP contribution in [0.15, 0.2) is 36.7 Å². The number of carbonyl (C=O) groups excluding carboxylic acids is 1. The zero-order valence-electron chi connectivity index (χ0n) is 9.77. The Kier molecular flexibility index (Phi) is 3.23. The number of nitrogens with zero attached hydrogens (tertiary/aromatic N) is 1. The van der Waals surface area contributed by atoms with Gasteiger partial charge in [-0.05, 0) is 36.8 Å². The van der Waals surface area contributed by atoms with E-state index < -0.39 is 0 Å². The molecule has 18 heavy (non-hydrogen) atoms. The lowest BCUT2D eigenvalue weighted by molar-refractivity contribution is 0.102. The van der Waals surface area contributed by atoms with Crippen molar-refractivity contribution in [2.45, 2.75) is 6.92 Å². The zero-order valence-corrected chi connectivity index (χ0v) is 9.77. The van der Waals surface area contributed by atoms with Gasteiger partial charge in [-0.25, -0.2) is 4.39 Å². The first-order chi connectivity index (χ1) is 8.58. The van der Waals surface area contributed by atoms with Crippen LogP contribution in [0.1, 0.15) is 15.9 Å². The Balaban J connectivity index is 2.22. The highest BCUT2D eigenvalue weighted by atomic mass is 19.1. The number of rotatable bonds is 2. The van der Waals surface area contributed by atoms with Crippen molar-refractivity contribution in [3.8, 4) is 0 Å². The second-order valence-electron chi connectivity index (χ2n) is 3.88. The van der Waals surface area contributed by atoms with Gasteiger partial charge >= 0.3 is 0 Å². The highest BCUT2D eigenvalue weighted by Crippen LogP contribution is 2.17. The van der Waals surface area contributed by atoms with Crippen molar-refractivity contribution in [3.05, 3.63) is 53.6 Å². The fraction of sp³-hybridized carbons (Fsp3) is 0.0769. The molecule has 0 bridgehead atoms. The van der Waals surface area contributed by atoms with E-state index in [1.165, 1.54) is 30.6 Å². The molecule has 4 nitrogen and oxygen atoms in total. The molecule has 3 N–H and O–H groups in total. The van der Waals surface area contributed by atoms with Gasteiger partial charge in [0.15, 0.2) is 0 Å². The van der Waals surface area contributed by atoms with Crippen molar-refractivity contribution in [3.63, 3.8) is 0 Å². The number of hydrogen-bond donors (Lipinski definition) is 2. The number of aryl methyl sites for hydroxylation is 1. The normalized spacial score (nSPS) is 10.1. The molecule has 0 radical (unpaired) electrons. The van der Waals surface area contributed by atoms with E-state index in [4.69, 9.17) is 5.73 Å². The second-order valence-corrected chi connectivity index (χ2v) is 3.88. The van der Waals surface area contributed by atoms with Gasteiger partial charge in [-0.2, -0.15) is 0 Å². The maximum Gasteiger partial charge on any atom is 0.255 e. The summed E-state index contributed by atoms with van der Waals surface area (Å²) in [5, 5.41) is 2.65. The lowest BCUT2D eigenvalue weighted by Crippen LogP contribution is -2.13. The summed E-state index contributed by atoms with van der Waals surface area (Å²) in [6.45, 7) is 1.60. The molecule has 1 aromatic carbocycles. The zero-order chi connectivity index (χ0) is 13.1. The Morgan fingerprint density at radius 2 is 2.17 bits per heavy atom. The molecule has 1 aromatic heterocycles. The summed E-state index contributed by atoms with van der Waals surface area (Å²) in [4.78, 5) is 15.7. The summed E-state index contributed by atoms with van der Waals surface area (Å²) in [7, 11) is 0. The van der Waals surface area contributed by atoms with Crippen LogP contribution in [0.25, 0.3) is 0 Å². The van der Waals surface area contributed by atoms with Gasteiger partial charge < -0.3 is 11.1 Å². The molecule has 2 rings (SSSR count). The number of aromatic nitrogens is 1. The third-order valence-electron chi connectivity index (χ3n) is 2.52. The summed E-state index contributed by atoms with van der Waals surface area (Å²) in [6, 6.07) is 5.78. The summed E-state index contributed by atoms with van der Waals surface area (Å²) in [5.74, 6) is -0.675. The minimum absolute atomic E-state index is 0.337. The summed E-state index contributed by atoms with van der Waals surface area (Å²) in [6.07, 6.45) is 2.98. The number of nitrogens with two attached hydrogens (primary N) is 1. The first-order valence-corrected chi connectivity index (χ1v) is 5.35. The van der Waals surface area contributed by atoms with E-state index in [9.17, 15) is 9.18 Å². The van der Waals surface area contributed by atoms with Crippen molar-refractivity contribution >= 4 is 17.3 Å². The Hall–Kier alpha value is -2.43. The molecular weight excluding hydrogens is 233 g/mol. The van der Waals surface area contributed by atoms with Gasteiger partial charge in [-0.1, -0.05) is 0 Å². The highest BCUT2D eigenvalue weighted by Gasteiger charge is 2.09. The standard InChI is InChI=1S/C13H12FN3O/c1-8-6-9(2-3-10(8)14)13(18)17-12-4-5-16-7-11(12)15/h2-7H,15H2,1H3,(H,16,17,18). The molecule has 0 aliphatic rings.